The third-order valence-corrected chi connectivity index (χ3v) is 2.99. The molecule has 0 heterocycles. The van der Waals surface area contributed by atoms with Crippen LogP contribution in [-0.2, 0) is 4.74 Å². The Morgan fingerprint density at radius 1 is 1.16 bits per heavy atom. The van der Waals surface area contributed by atoms with Gasteiger partial charge in [0.05, 0.1) is 12.6 Å². The van der Waals surface area contributed by atoms with Crippen LogP contribution < -0.4 is 5.32 Å². The van der Waals surface area contributed by atoms with E-state index in [-0.39, 0.29) is 12.6 Å². The van der Waals surface area contributed by atoms with Crippen LogP contribution in [0.4, 0.5) is 13.2 Å². The largest absolute Gasteiger partial charge is 0.411 e. The summed E-state index contributed by atoms with van der Waals surface area (Å²) in [4.78, 5) is 0. The van der Waals surface area contributed by atoms with Gasteiger partial charge >= 0.3 is 6.18 Å². The molecule has 0 amide bonds. The molecule has 0 aromatic heterocycles. The standard InChI is InChI=1S/C14H20F3NO/c1-9-5-10(2)13(11(3)6-9)12(18-4)7-19-8-14(15,16)17/h5-6,12,18H,7-8H2,1-4H3. The van der Waals surface area contributed by atoms with Crippen molar-refractivity contribution in [2.75, 3.05) is 20.3 Å². The highest BCUT2D eigenvalue weighted by Gasteiger charge is 2.28. The second kappa shape index (κ2) is 6.39. The van der Waals surface area contributed by atoms with Gasteiger partial charge < -0.3 is 10.1 Å². The minimum Gasteiger partial charge on any atom is -0.370 e. The van der Waals surface area contributed by atoms with E-state index >= 15 is 0 Å². The van der Waals surface area contributed by atoms with E-state index in [0.29, 0.717) is 0 Å². The fourth-order valence-corrected chi connectivity index (χ4v) is 2.34. The molecule has 1 rings (SSSR count). The van der Waals surface area contributed by atoms with Crippen LogP contribution in [0.25, 0.3) is 0 Å². The lowest BCUT2D eigenvalue weighted by Crippen LogP contribution is -2.26. The highest BCUT2D eigenvalue weighted by Crippen LogP contribution is 2.24. The molecule has 1 atom stereocenters. The minimum atomic E-state index is -4.28. The van der Waals surface area contributed by atoms with Crippen molar-refractivity contribution in [1.29, 1.82) is 0 Å². The Labute approximate surface area is 112 Å². The zero-order valence-electron chi connectivity index (χ0n) is 11.7. The first kappa shape index (κ1) is 16.0. The van der Waals surface area contributed by atoms with Gasteiger partial charge in [-0.3, -0.25) is 0 Å². The summed E-state index contributed by atoms with van der Waals surface area (Å²) in [5.74, 6) is 0. The van der Waals surface area contributed by atoms with Gasteiger partial charge in [0.2, 0.25) is 0 Å². The number of hydrogen-bond donors (Lipinski definition) is 1. The van der Waals surface area contributed by atoms with Crippen molar-refractivity contribution < 1.29 is 17.9 Å². The van der Waals surface area contributed by atoms with Crippen LogP contribution in [0.5, 0.6) is 0 Å². The average molecular weight is 275 g/mol. The van der Waals surface area contributed by atoms with Crippen LogP contribution in [0.15, 0.2) is 12.1 Å². The fourth-order valence-electron chi connectivity index (χ4n) is 2.34. The molecule has 0 fully saturated rings. The number of rotatable bonds is 5. The Kier molecular flexibility index (Phi) is 5.38. The summed E-state index contributed by atoms with van der Waals surface area (Å²) in [6.07, 6.45) is -4.28. The Hall–Kier alpha value is -1.07. The summed E-state index contributed by atoms with van der Waals surface area (Å²) in [6, 6.07) is 3.82. The van der Waals surface area contributed by atoms with Gasteiger partial charge in [0.15, 0.2) is 0 Å². The molecular weight excluding hydrogens is 255 g/mol. The molecule has 0 aliphatic carbocycles. The summed E-state index contributed by atoms with van der Waals surface area (Å²) >= 11 is 0. The molecule has 1 aromatic rings. The Morgan fingerprint density at radius 3 is 2.11 bits per heavy atom. The SMILES string of the molecule is CNC(COCC(F)(F)F)c1c(C)cc(C)cc1C. The predicted molar refractivity (Wildman–Crippen MR) is 69.3 cm³/mol. The van der Waals surface area contributed by atoms with Gasteiger partial charge in [-0.15, -0.1) is 0 Å². The minimum absolute atomic E-state index is 0.000745. The van der Waals surface area contributed by atoms with E-state index in [1.165, 1.54) is 0 Å². The van der Waals surface area contributed by atoms with Gasteiger partial charge in [0, 0.05) is 0 Å². The maximum atomic E-state index is 12.1. The molecule has 1 aromatic carbocycles. The highest BCUT2D eigenvalue weighted by atomic mass is 19.4. The molecule has 108 valence electrons. The van der Waals surface area contributed by atoms with Crippen molar-refractivity contribution in [2.45, 2.75) is 33.0 Å². The van der Waals surface area contributed by atoms with E-state index in [2.05, 4.69) is 5.32 Å². The van der Waals surface area contributed by atoms with E-state index in [1.54, 1.807) is 7.05 Å². The summed E-state index contributed by atoms with van der Waals surface area (Å²) in [6.45, 7) is 4.71. The maximum Gasteiger partial charge on any atom is 0.411 e. The van der Waals surface area contributed by atoms with Crippen molar-refractivity contribution in [3.63, 3.8) is 0 Å². The first-order chi connectivity index (χ1) is 8.74. The summed E-state index contributed by atoms with van der Waals surface area (Å²) in [5, 5.41) is 3.01. The van der Waals surface area contributed by atoms with Crippen molar-refractivity contribution in [3.8, 4) is 0 Å². The maximum absolute atomic E-state index is 12.1. The molecule has 0 bridgehead atoms. The number of halogens is 3. The molecule has 2 nitrogen and oxygen atoms in total. The second-order valence-electron chi connectivity index (χ2n) is 4.78. The Bertz CT molecular complexity index is 406. The smallest absolute Gasteiger partial charge is 0.370 e. The summed E-state index contributed by atoms with van der Waals surface area (Å²) in [7, 11) is 1.72. The Morgan fingerprint density at radius 2 is 1.68 bits per heavy atom. The number of aryl methyl sites for hydroxylation is 3. The van der Waals surface area contributed by atoms with Crippen LogP contribution in [0.1, 0.15) is 28.3 Å². The predicted octanol–water partition coefficient (Wildman–Crippen LogP) is 3.45. The van der Waals surface area contributed by atoms with E-state index in [1.807, 2.05) is 32.9 Å². The molecule has 0 radical (unpaired) electrons. The zero-order valence-corrected chi connectivity index (χ0v) is 11.7. The van der Waals surface area contributed by atoms with Crippen molar-refractivity contribution in [3.05, 3.63) is 34.4 Å². The molecular formula is C14H20F3NO. The van der Waals surface area contributed by atoms with Crippen LogP contribution in [0.2, 0.25) is 0 Å². The average Bonchev–Trinajstić information content (AvgIpc) is 2.23. The first-order valence-electron chi connectivity index (χ1n) is 6.14. The van der Waals surface area contributed by atoms with Crippen LogP contribution in [0, 0.1) is 20.8 Å². The fraction of sp³-hybridized carbons (Fsp3) is 0.571. The number of alkyl halides is 3. The van der Waals surface area contributed by atoms with Gasteiger partial charge in [0.1, 0.15) is 6.61 Å². The molecule has 1 unspecified atom stereocenters. The molecule has 1 N–H and O–H groups in total. The third kappa shape index (κ3) is 4.84. The number of likely N-dealkylation sites (N-methyl/N-ethyl adjacent to an activating group) is 1. The quantitative estimate of drug-likeness (QED) is 0.888. The molecule has 0 saturated carbocycles. The number of nitrogens with one attached hydrogen (secondary N) is 1. The normalized spacial score (nSPS) is 13.6. The van der Waals surface area contributed by atoms with Crippen molar-refractivity contribution in [2.24, 2.45) is 0 Å². The number of benzene rings is 1. The summed E-state index contributed by atoms with van der Waals surface area (Å²) < 4.78 is 41.0. The van der Waals surface area contributed by atoms with Crippen LogP contribution >= 0.6 is 0 Å². The lowest BCUT2D eigenvalue weighted by molar-refractivity contribution is -0.175. The third-order valence-electron chi connectivity index (χ3n) is 2.99. The molecule has 0 aliphatic heterocycles. The molecule has 0 spiro atoms. The molecule has 5 heteroatoms. The van der Waals surface area contributed by atoms with Gasteiger partial charge in [0.25, 0.3) is 0 Å². The van der Waals surface area contributed by atoms with E-state index in [0.717, 1.165) is 22.3 Å². The lowest BCUT2D eigenvalue weighted by atomic mass is 9.94. The van der Waals surface area contributed by atoms with E-state index in [4.69, 9.17) is 4.74 Å². The van der Waals surface area contributed by atoms with E-state index in [9.17, 15) is 13.2 Å². The van der Waals surface area contributed by atoms with Gasteiger partial charge in [-0.2, -0.15) is 13.2 Å². The molecule has 0 saturated heterocycles. The van der Waals surface area contributed by atoms with E-state index < -0.39 is 12.8 Å². The first-order valence-corrected chi connectivity index (χ1v) is 6.14. The van der Waals surface area contributed by atoms with Crippen LogP contribution in [0.3, 0.4) is 0 Å². The number of hydrogen-bond acceptors (Lipinski definition) is 2. The Balaban J connectivity index is 2.80. The topological polar surface area (TPSA) is 21.3 Å². The van der Waals surface area contributed by atoms with Crippen molar-refractivity contribution in [1.82, 2.24) is 5.32 Å². The second-order valence-corrected chi connectivity index (χ2v) is 4.78. The van der Waals surface area contributed by atoms with Gasteiger partial charge in [-0.05, 0) is 44.5 Å². The zero-order chi connectivity index (χ0) is 14.6. The van der Waals surface area contributed by atoms with Crippen LogP contribution in [-0.4, -0.2) is 26.4 Å². The van der Waals surface area contributed by atoms with Gasteiger partial charge in [-0.1, -0.05) is 17.7 Å². The van der Waals surface area contributed by atoms with Gasteiger partial charge in [-0.25, -0.2) is 0 Å². The highest BCUT2D eigenvalue weighted by molar-refractivity contribution is 5.39. The molecule has 19 heavy (non-hydrogen) atoms. The lowest BCUT2D eigenvalue weighted by Gasteiger charge is -2.22. The molecule has 0 aliphatic rings. The number of ether oxygens (including phenoxy) is 1. The van der Waals surface area contributed by atoms with Crippen molar-refractivity contribution >= 4 is 0 Å². The summed E-state index contributed by atoms with van der Waals surface area (Å²) in [5.41, 5.74) is 4.28. The monoisotopic (exact) mass is 275 g/mol.